The van der Waals surface area contributed by atoms with Crippen molar-refractivity contribution in [1.82, 2.24) is 5.32 Å². The van der Waals surface area contributed by atoms with Gasteiger partial charge in [0.05, 0.1) is 11.1 Å². The van der Waals surface area contributed by atoms with Gasteiger partial charge in [-0.15, -0.1) is 0 Å². The van der Waals surface area contributed by atoms with Crippen LogP contribution < -0.4 is 10.1 Å². The van der Waals surface area contributed by atoms with E-state index in [1.165, 1.54) is 0 Å². The van der Waals surface area contributed by atoms with E-state index >= 15 is 0 Å². The monoisotopic (exact) mass is 327 g/mol. The average molecular weight is 328 g/mol. The molecular weight excluding hydrogens is 306 g/mol. The van der Waals surface area contributed by atoms with Crippen molar-refractivity contribution in [2.45, 2.75) is 46.1 Å². The summed E-state index contributed by atoms with van der Waals surface area (Å²) in [5, 5.41) is 2.93. The smallest absolute Gasteiger partial charge is 0.251 e. The van der Waals surface area contributed by atoms with Gasteiger partial charge in [0.25, 0.3) is 5.91 Å². The molecule has 0 aliphatic heterocycles. The molecule has 3 nitrogen and oxygen atoms in total. The highest BCUT2D eigenvalue weighted by atomic mass is 79.9. The Morgan fingerprint density at radius 1 is 1.37 bits per heavy atom. The second kappa shape index (κ2) is 6.94. The second-order valence-electron chi connectivity index (χ2n) is 5.55. The number of nitrogens with one attached hydrogen (secondary N) is 1. The van der Waals surface area contributed by atoms with Gasteiger partial charge >= 0.3 is 0 Å². The summed E-state index contributed by atoms with van der Waals surface area (Å²) in [4.78, 5) is 12.0. The van der Waals surface area contributed by atoms with Crippen LogP contribution in [0.25, 0.3) is 0 Å². The number of hydrogen-bond acceptors (Lipinski definition) is 2. The first-order valence-electron chi connectivity index (χ1n) is 6.58. The summed E-state index contributed by atoms with van der Waals surface area (Å²) in [5.41, 5.74) is 0.393. The number of rotatable bonds is 5. The molecule has 0 saturated heterocycles. The van der Waals surface area contributed by atoms with Crippen LogP contribution in [0.15, 0.2) is 22.7 Å². The number of hydrogen-bond donors (Lipinski definition) is 1. The van der Waals surface area contributed by atoms with E-state index in [0.29, 0.717) is 12.2 Å². The van der Waals surface area contributed by atoms with Crippen LogP contribution in [0.3, 0.4) is 0 Å². The van der Waals surface area contributed by atoms with Crippen LogP contribution in [-0.4, -0.2) is 18.1 Å². The van der Waals surface area contributed by atoms with Gasteiger partial charge in [0.15, 0.2) is 0 Å². The van der Waals surface area contributed by atoms with Crippen LogP contribution in [0.5, 0.6) is 5.75 Å². The highest BCUT2D eigenvalue weighted by Crippen LogP contribution is 2.26. The van der Waals surface area contributed by atoms with Crippen LogP contribution in [0.4, 0.5) is 0 Å². The van der Waals surface area contributed by atoms with E-state index in [4.69, 9.17) is 4.74 Å². The van der Waals surface area contributed by atoms with E-state index in [-0.39, 0.29) is 11.4 Å². The van der Waals surface area contributed by atoms with Crippen LogP contribution in [-0.2, 0) is 0 Å². The minimum Gasteiger partial charge on any atom is -0.492 e. The van der Waals surface area contributed by atoms with E-state index in [0.717, 1.165) is 23.1 Å². The molecule has 0 aliphatic carbocycles. The molecule has 4 heteroatoms. The first-order chi connectivity index (χ1) is 8.83. The number of carbonyl (C=O) groups is 1. The van der Waals surface area contributed by atoms with E-state index in [2.05, 4.69) is 28.2 Å². The lowest BCUT2D eigenvalue weighted by molar-refractivity contribution is 0.0919. The number of halogens is 1. The van der Waals surface area contributed by atoms with Crippen molar-refractivity contribution in [1.29, 1.82) is 0 Å². The van der Waals surface area contributed by atoms with E-state index in [1.54, 1.807) is 12.1 Å². The predicted molar refractivity (Wildman–Crippen MR) is 81.8 cm³/mol. The van der Waals surface area contributed by atoms with E-state index < -0.39 is 0 Å². The largest absolute Gasteiger partial charge is 0.492 e. The molecule has 106 valence electrons. The van der Waals surface area contributed by atoms with Crippen molar-refractivity contribution in [3.63, 3.8) is 0 Å². The molecule has 0 unspecified atom stereocenters. The second-order valence-corrected chi connectivity index (χ2v) is 6.41. The van der Waals surface area contributed by atoms with Gasteiger partial charge in [0, 0.05) is 11.1 Å². The molecule has 0 atom stereocenters. The maximum atomic E-state index is 12.0. The Balaban J connectivity index is 2.73. The van der Waals surface area contributed by atoms with Gasteiger partial charge in [-0.25, -0.2) is 0 Å². The standard InChI is InChI=1S/C15H22BrNO2/c1-5-6-9-19-13-8-7-11(10-12(13)16)14(18)17-15(2,3)4/h7-8,10H,5-6,9H2,1-4H3,(H,17,18). The molecule has 0 aliphatic rings. The summed E-state index contributed by atoms with van der Waals surface area (Å²) in [5.74, 6) is 0.703. The summed E-state index contributed by atoms with van der Waals surface area (Å²) in [6.07, 6.45) is 2.13. The zero-order chi connectivity index (χ0) is 14.5. The zero-order valence-corrected chi connectivity index (χ0v) is 13.6. The molecule has 1 N–H and O–H groups in total. The van der Waals surface area contributed by atoms with Crippen LogP contribution >= 0.6 is 15.9 Å². The Hall–Kier alpha value is -1.03. The zero-order valence-electron chi connectivity index (χ0n) is 12.0. The number of carbonyl (C=O) groups excluding carboxylic acids is 1. The molecule has 19 heavy (non-hydrogen) atoms. The molecule has 0 bridgehead atoms. The van der Waals surface area contributed by atoms with Crippen LogP contribution in [0.2, 0.25) is 0 Å². The molecule has 0 spiro atoms. The Bertz CT molecular complexity index is 438. The quantitative estimate of drug-likeness (QED) is 0.825. The average Bonchev–Trinajstić information content (AvgIpc) is 2.29. The van der Waals surface area contributed by atoms with E-state index in [9.17, 15) is 4.79 Å². The number of amides is 1. The minimum absolute atomic E-state index is 0.0756. The summed E-state index contributed by atoms with van der Waals surface area (Å²) >= 11 is 3.44. The molecule has 0 saturated carbocycles. The molecule has 1 rings (SSSR count). The lowest BCUT2D eigenvalue weighted by Crippen LogP contribution is -2.40. The fourth-order valence-electron chi connectivity index (χ4n) is 1.50. The van der Waals surface area contributed by atoms with Gasteiger partial charge in [-0.1, -0.05) is 13.3 Å². The summed E-state index contributed by atoms with van der Waals surface area (Å²) in [7, 11) is 0. The topological polar surface area (TPSA) is 38.3 Å². The van der Waals surface area contributed by atoms with Gasteiger partial charge in [-0.3, -0.25) is 4.79 Å². The van der Waals surface area contributed by atoms with Crippen LogP contribution in [0.1, 0.15) is 50.9 Å². The van der Waals surface area contributed by atoms with Gasteiger partial charge in [0.2, 0.25) is 0 Å². The summed E-state index contributed by atoms with van der Waals surface area (Å²) in [6.45, 7) is 8.70. The molecule has 1 amide bonds. The van der Waals surface area contributed by atoms with Crippen molar-refractivity contribution < 1.29 is 9.53 Å². The van der Waals surface area contributed by atoms with Gasteiger partial charge in [0.1, 0.15) is 5.75 Å². The van der Waals surface area contributed by atoms with E-state index in [1.807, 2.05) is 26.8 Å². The van der Waals surface area contributed by atoms with Crippen molar-refractivity contribution in [2.75, 3.05) is 6.61 Å². The van der Waals surface area contributed by atoms with Gasteiger partial charge in [-0.05, 0) is 61.3 Å². The minimum atomic E-state index is -0.236. The fraction of sp³-hybridized carbons (Fsp3) is 0.533. The first kappa shape index (κ1) is 16.0. The summed E-state index contributed by atoms with van der Waals surface area (Å²) in [6, 6.07) is 5.41. The molecule has 0 aromatic heterocycles. The lowest BCUT2D eigenvalue weighted by atomic mass is 10.1. The first-order valence-corrected chi connectivity index (χ1v) is 7.37. The summed E-state index contributed by atoms with van der Waals surface area (Å²) < 4.78 is 6.44. The third-order valence-corrected chi connectivity index (χ3v) is 3.06. The molecule has 0 heterocycles. The van der Waals surface area contributed by atoms with Crippen molar-refractivity contribution in [3.8, 4) is 5.75 Å². The SMILES string of the molecule is CCCCOc1ccc(C(=O)NC(C)(C)C)cc1Br. The molecule has 0 fully saturated rings. The lowest BCUT2D eigenvalue weighted by Gasteiger charge is -2.20. The highest BCUT2D eigenvalue weighted by Gasteiger charge is 2.16. The van der Waals surface area contributed by atoms with Crippen molar-refractivity contribution in [2.24, 2.45) is 0 Å². The normalized spacial score (nSPS) is 11.2. The predicted octanol–water partition coefficient (Wildman–Crippen LogP) is 4.16. The number of unbranched alkanes of at least 4 members (excludes halogenated alkanes) is 1. The Morgan fingerprint density at radius 3 is 2.58 bits per heavy atom. The molecule has 0 radical (unpaired) electrons. The number of ether oxygens (including phenoxy) is 1. The highest BCUT2D eigenvalue weighted by molar-refractivity contribution is 9.10. The van der Waals surface area contributed by atoms with Gasteiger partial charge in [-0.2, -0.15) is 0 Å². The maximum absolute atomic E-state index is 12.0. The van der Waals surface area contributed by atoms with Crippen molar-refractivity contribution in [3.05, 3.63) is 28.2 Å². The number of benzene rings is 1. The Kier molecular flexibility index (Phi) is 5.85. The third kappa shape index (κ3) is 5.64. The molecule has 1 aromatic carbocycles. The van der Waals surface area contributed by atoms with Crippen molar-refractivity contribution >= 4 is 21.8 Å². The Labute approximate surface area is 123 Å². The third-order valence-electron chi connectivity index (χ3n) is 2.44. The molecular formula is C15H22BrNO2. The molecule has 1 aromatic rings. The van der Waals surface area contributed by atoms with Gasteiger partial charge < -0.3 is 10.1 Å². The maximum Gasteiger partial charge on any atom is 0.251 e. The van der Waals surface area contributed by atoms with Crippen LogP contribution in [0, 0.1) is 0 Å². The fourth-order valence-corrected chi connectivity index (χ4v) is 1.99. The Morgan fingerprint density at radius 2 is 2.05 bits per heavy atom.